The second-order valence-electron chi connectivity index (χ2n) is 13.9. The fraction of sp³-hybridized carbons (Fsp3) is 0.475. The normalized spacial score (nSPS) is 13.2. The van der Waals surface area contributed by atoms with Crippen LogP contribution in [-0.2, 0) is 51.2 Å². The third-order valence-corrected chi connectivity index (χ3v) is 9.43. The molecular weight excluding hydrogens is 805 g/mol. The van der Waals surface area contributed by atoms with Crippen molar-refractivity contribution >= 4 is 66.2 Å². The number of benzene rings is 2. The van der Waals surface area contributed by atoms with Crippen LogP contribution in [0.25, 0.3) is 0 Å². The van der Waals surface area contributed by atoms with Crippen LogP contribution in [-0.4, -0.2) is 116 Å². The number of amides is 6. The van der Waals surface area contributed by atoms with Crippen LogP contribution in [0.4, 0.5) is 4.79 Å². The third kappa shape index (κ3) is 20.5. The van der Waals surface area contributed by atoms with Crippen molar-refractivity contribution in [1.82, 2.24) is 31.9 Å². The molecule has 0 radical (unpaired) electrons. The Kier molecular flexibility index (Phi) is 22.9. The first-order valence-corrected chi connectivity index (χ1v) is 20.1. The van der Waals surface area contributed by atoms with Crippen molar-refractivity contribution in [3.05, 3.63) is 71.8 Å². The van der Waals surface area contributed by atoms with Gasteiger partial charge in [-0.05, 0) is 36.8 Å². The SMILES string of the molecule is O=C(O)CC[C@H](NC(=O)N[C@@H](CCC(=O)NCCCCCCCC(=O)N[C@@H](Cc1ccccc1)C(=O)N[C@@H](Cc1ccccc1)C(=O)NC(CS)C(=O)O)C(=O)O)C(=O)O. The first kappa shape index (κ1) is 50.0. The predicted molar refractivity (Wildman–Crippen MR) is 219 cm³/mol. The highest BCUT2D eigenvalue weighted by Crippen LogP contribution is 2.10. The minimum atomic E-state index is -1.56. The summed E-state index contributed by atoms with van der Waals surface area (Å²) in [6, 6.07) is 10.2. The van der Waals surface area contributed by atoms with Gasteiger partial charge in [-0.1, -0.05) is 79.9 Å². The van der Waals surface area contributed by atoms with Crippen LogP contribution >= 0.6 is 12.6 Å². The zero-order valence-electron chi connectivity index (χ0n) is 33.0. The molecule has 2 aromatic rings. The number of carboxylic acid groups (broad SMARTS) is 4. The number of carbonyl (C=O) groups is 9. The average Bonchev–Trinajstić information content (AvgIpc) is 3.20. The summed E-state index contributed by atoms with van der Waals surface area (Å²) < 4.78 is 0. The van der Waals surface area contributed by atoms with Gasteiger partial charge < -0.3 is 52.3 Å². The minimum absolute atomic E-state index is 0.0631. The van der Waals surface area contributed by atoms with E-state index >= 15 is 0 Å². The van der Waals surface area contributed by atoms with E-state index in [4.69, 9.17) is 5.11 Å². The molecule has 0 aliphatic heterocycles. The smallest absolute Gasteiger partial charge is 0.327 e. The molecule has 2 rings (SSSR count). The quantitative estimate of drug-likeness (QED) is 0.0406. The van der Waals surface area contributed by atoms with Gasteiger partial charge in [-0.3, -0.25) is 24.0 Å². The van der Waals surface area contributed by atoms with Crippen molar-refractivity contribution in [2.24, 2.45) is 0 Å². The standard InChI is InChI=1S/C40H54N6O13S/c47-32(19-17-27(37(53)54)45-40(59)46-28(38(55)56)18-20-34(49)50)41-21-11-3-1-2-10-16-33(48)42-29(22-25-12-6-4-7-13-25)35(51)43-30(23-26-14-8-5-9-15-26)36(52)44-31(24-60)39(57)58/h4-9,12-15,27-31,60H,1-3,10-11,16-24H2,(H,41,47)(H,42,48)(H,43,51)(H,44,52)(H,49,50)(H,53,54)(H,55,56)(H,57,58)(H2,45,46,59)/t27-,28-,29-,30-,31?/m0/s1. The van der Waals surface area contributed by atoms with Crippen LogP contribution in [0.5, 0.6) is 0 Å². The fourth-order valence-electron chi connectivity index (χ4n) is 5.79. The first-order valence-electron chi connectivity index (χ1n) is 19.4. The van der Waals surface area contributed by atoms with E-state index in [1.807, 2.05) is 11.4 Å². The van der Waals surface area contributed by atoms with Crippen LogP contribution in [0, 0.1) is 0 Å². The maximum atomic E-state index is 13.7. The molecule has 0 aromatic heterocycles. The van der Waals surface area contributed by atoms with Gasteiger partial charge in [-0.25, -0.2) is 19.2 Å². The summed E-state index contributed by atoms with van der Waals surface area (Å²) in [4.78, 5) is 110. The Morgan fingerprint density at radius 3 is 1.42 bits per heavy atom. The van der Waals surface area contributed by atoms with Crippen molar-refractivity contribution < 1.29 is 63.6 Å². The highest BCUT2D eigenvalue weighted by atomic mass is 32.1. The summed E-state index contributed by atoms with van der Waals surface area (Å²) >= 11 is 4.01. The maximum Gasteiger partial charge on any atom is 0.327 e. The average molecular weight is 859 g/mol. The summed E-state index contributed by atoms with van der Waals surface area (Å²) in [6.45, 7) is 0.292. The van der Waals surface area contributed by atoms with Gasteiger partial charge in [0.15, 0.2) is 0 Å². The Labute approximate surface area is 352 Å². The Morgan fingerprint density at radius 2 is 0.933 bits per heavy atom. The number of hydrogen-bond donors (Lipinski definition) is 11. The number of urea groups is 1. The molecule has 1 unspecified atom stereocenters. The van der Waals surface area contributed by atoms with Gasteiger partial charge in [0.25, 0.3) is 0 Å². The number of rotatable bonds is 29. The Hall–Kier alpha value is -6.18. The van der Waals surface area contributed by atoms with Crippen molar-refractivity contribution in [3.63, 3.8) is 0 Å². The van der Waals surface area contributed by atoms with E-state index in [0.717, 1.165) is 17.5 Å². The van der Waals surface area contributed by atoms with Crippen LogP contribution in [0.15, 0.2) is 60.7 Å². The summed E-state index contributed by atoms with van der Waals surface area (Å²) in [7, 11) is 0. The molecule has 60 heavy (non-hydrogen) atoms. The highest BCUT2D eigenvalue weighted by molar-refractivity contribution is 7.80. The molecule has 0 saturated heterocycles. The predicted octanol–water partition coefficient (Wildman–Crippen LogP) is 1.25. The Morgan fingerprint density at radius 1 is 0.483 bits per heavy atom. The van der Waals surface area contributed by atoms with Crippen LogP contribution in [0.2, 0.25) is 0 Å². The number of carbonyl (C=O) groups excluding carboxylic acids is 5. The van der Waals surface area contributed by atoms with Crippen molar-refractivity contribution in [1.29, 1.82) is 0 Å². The number of unbranched alkanes of at least 4 members (excludes halogenated alkanes) is 4. The number of carboxylic acids is 4. The van der Waals surface area contributed by atoms with Gasteiger partial charge in [-0.2, -0.15) is 12.6 Å². The van der Waals surface area contributed by atoms with E-state index in [9.17, 15) is 58.5 Å². The van der Waals surface area contributed by atoms with Gasteiger partial charge in [0.2, 0.25) is 23.6 Å². The molecular formula is C40H54N6O13S. The lowest BCUT2D eigenvalue weighted by Gasteiger charge is -2.24. The second kappa shape index (κ2) is 27.5. The third-order valence-electron chi connectivity index (χ3n) is 9.06. The Balaban J connectivity index is 1.83. The zero-order chi connectivity index (χ0) is 44.5. The van der Waals surface area contributed by atoms with Crippen LogP contribution < -0.4 is 31.9 Å². The maximum absolute atomic E-state index is 13.7. The highest BCUT2D eigenvalue weighted by Gasteiger charge is 2.30. The molecule has 6 amide bonds. The molecule has 0 heterocycles. The largest absolute Gasteiger partial charge is 0.481 e. The van der Waals surface area contributed by atoms with E-state index < -0.39 is 90.7 Å². The topological polar surface area (TPSA) is 307 Å². The molecule has 328 valence electrons. The lowest BCUT2D eigenvalue weighted by atomic mass is 10.0. The monoisotopic (exact) mass is 858 g/mol. The van der Waals surface area contributed by atoms with Crippen LogP contribution in [0.3, 0.4) is 0 Å². The molecule has 0 saturated carbocycles. The molecule has 0 aliphatic rings. The van der Waals surface area contributed by atoms with E-state index in [1.54, 1.807) is 54.6 Å². The summed E-state index contributed by atoms with van der Waals surface area (Å²) in [6.07, 6.45) is 2.00. The lowest BCUT2D eigenvalue weighted by molar-refractivity contribution is -0.142. The lowest BCUT2D eigenvalue weighted by Crippen LogP contribution is -2.57. The molecule has 19 nitrogen and oxygen atoms in total. The summed E-state index contributed by atoms with van der Waals surface area (Å²) in [5.74, 6) is -7.85. The van der Waals surface area contributed by atoms with Gasteiger partial charge in [0, 0.05) is 44.4 Å². The van der Waals surface area contributed by atoms with Gasteiger partial charge >= 0.3 is 29.9 Å². The van der Waals surface area contributed by atoms with Gasteiger partial charge in [0.1, 0.15) is 30.2 Å². The van der Waals surface area contributed by atoms with Crippen molar-refractivity contribution in [3.8, 4) is 0 Å². The molecule has 0 spiro atoms. The van der Waals surface area contributed by atoms with Gasteiger partial charge in [-0.15, -0.1) is 0 Å². The minimum Gasteiger partial charge on any atom is -0.481 e. The molecule has 5 atom stereocenters. The number of thiol groups is 1. The fourth-order valence-corrected chi connectivity index (χ4v) is 6.04. The summed E-state index contributed by atoms with van der Waals surface area (Å²) in [5, 5.41) is 51.5. The van der Waals surface area contributed by atoms with Gasteiger partial charge in [0.05, 0.1) is 0 Å². The zero-order valence-corrected chi connectivity index (χ0v) is 33.9. The first-order chi connectivity index (χ1) is 28.6. The molecule has 0 aliphatic carbocycles. The molecule has 10 N–H and O–H groups in total. The summed E-state index contributed by atoms with van der Waals surface area (Å²) in [5.41, 5.74) is 1.48. The molecule has 0 fully saturated rings. The van der Waals surface area contributed by atoms with E-state index in [1.165, 1.54) is 0 Å². The van der Waals surface area contributed by atoms with E-state index in [-0.39, 0.29) is 43.8 Å². The number of hydrogen-bond acceptors (Lipinski definition) is 10. The Bertz CT molecular complexity index is 1750. The molecule has 0 bridgehead atoms. The number of nitrogens with one attached hydrogen (secondary N) is 6. The number of aliphatic carboxylic acids is 4. The van der Waals surface area contributed by atoms with Crippen molar-refractivity contribution in [2.75, 3.05) is 12.3 Å². The van der Waals surface area contributed by atoms with Crippen LogP contribution in [0.1, 0.15) is 75.3 Å². The van der Waals surface area contributed by atoms with Crippen molar-refractivity contribution in [2.45, 2.75) is 107 Å². The van der Waals surface area contributed by atoms with E-state index in [0.29, 0.717) is 32.2 Å². The molecule has 2 aromatic carbocycles. The van der Waals surface area contributed by atoms with E-state index in [2.05, 4.69) is 39.2 Å². The second-order valence-corrected chi connectivity index (χ2v) is 14.2. The molecule has 20 heteroatoms.